The van der Waals surface area contributed by atoms with E-state index in [-0.39, 0.29) is 45.2 Å². The van der Waals surface area contributed by atoms with Crippen molar-refractivity contribution >= 4 is 11.8 Å². The first-order valence-corrected chi connectivity index (χ1v) is 18.9. The minimum atomic E-state index is -1.02. The second kappa shape index (κ2) is 12.2. The first-order valence-electron chi connectivity index (χ1n) is 18.9. The lowest BCUT2D eigenvalue weighted by Gasteiger charge is -2.71. The highest BCUT2D eigenvalue weighted by Gasteiger charge is 2.70. The van der Waals surface area contributed by atoms with Crippen LogP contribution < -0.4 is 0 Å². The zero-order valence-electron chi connectivity index (χ0n) is 30.7. The molecule has 0 saturated heterocycles. The van der Waals surface area contributed by atoms with Crippen LogP contribution in [0.5, 0.6) is 0 Å². The Hall–Kier alpha value is -2.76. The molecule has 0 radical (unpaired) electrons. The van der Waals surface area contributed by atoms with Crippen molar-refractivity contribution in [1.29, 1.82) is 0 Å². The maximum atomic E-state index is 14.3. The molecule has 4 saturated carbocycles. The van der Waals surface area contributed by atoms with Gasteiger partial charge in [0.05, 0.1) is 18.6 Å². The number of fused-ring (bicyclic) bond motifs is 7. The van der Waals surface area contributed by atoms with E-state index < -0.39 is 16.9 Å². The molecule has 264 valence electrons. The third-order valence-electron chi connectivity index (χ3n) is 15.3. The number of rotatable bonds is 7. The summed E-state index contributed by atoms with van der Waals surface area (Å²) in [5.74, 6) is 0.580. The molecule has 5 aliphatic carbocycles. The lowest BCUT2D eigenvalue weighted by atomic mass is 9.33. The van der Waals surface area contributed by atoms with Gasteiger partial charge in [0.2, 0.25) is 0 Å². The summed E-state index contributed by atoms with van der Waals surface area (Å²) in [6.07, 6.45) is 9.55. The third kappa shape index (κ3) is 5.39. The Labute approximate surface area is 294 Å². The molecule has 5 aliphatic rings. The Kier molecular flexibility index (Phi) is 8.62. The molecule has 0 bridgehead atoms. The monoisotopic (exact) mass is 666 g/mol. The fourth-order valence-electron chi connectivity index (χ4n) is 12.3. The van der Waals surface area contributed by atoms with E-state index >= 15 is 0 Å². The van der Waals surface area contributed by atoms with E-state index in [0.29, 0.717) is 32.2 Å². The molecule has 1 N–H and O–H groups in total. The molecule has 0 heterocycles. The summed E-state index contributed by atoms with van der Waals surface area (Å²) in [6.45, 7) is 15.4. The van der Waals surface area contributed by atoms with Gasteiger partial charge in [0, 0.05) is 11.8 Å². The van der Waals surface area contributed by atoms with Gasteiger partial charge in [-0.1, -0.05) is 114 Å². The van der Waals surface area contributed by atoms with Crippen molar-refractivity contribution in [3.63, 3.8) is 0 Å². The second-order valence-corrected chi connectivity index (χ2v) is 18.5. The van der Waals surface area contributed by atoms with Crippen LogP contribution in [0.15, 0.2) is 72.3 Å². The van der Waals surface area contributed by atoms with E-state index in [2.05, 4.69) is 59.8 Å². The van der Waals surface area contributed by atoms with Gasteiger partial charge in [-0.05, 0) is 102 Å². The van der Waals surface area contributed by atoms with Crippen molar-refractivity contribution in [3.05, 3.63) is 83.4 Å². The molecule has 0 aliphatic heterocycles. The van der Waals surface area contributed by atoms with Gasteiger partial charge in [-0.3, -0.25) is 9.59 Å². The summed E-state index contributed by atoms with van der Waals surface area (Å²) in [4.78, 5) is 28.1. The van der Waals surface area contributed by atoms with Gasteiger partial charge in [0.1, 0.15) is 12.7 Å². The molecule has 5 nitrogen and oxygen atoms in total. The number of allylic oxidation sites excluding steroid dienone is 2. The number of Topliss-reactive ketones (excluding diaryl/α,β-unsaturated/α-hetero) is 1. The van der Waals surface area contributed by atoms with E-state index in [0.717, 1.165) is 62.5 Å². The van der Waals surface area contributed by atoms with Gasteiger partial charge in [0.15, 0.2) is 5.78 Å². The highest BCUT2D eigenvalue weighted by Crippen LogP contribution is 2.75. The maximum Gasteiger partial charge on any atom is 0.313 e. The standard InChI is InChI=1S/C44H58O5/c1-39(2)21-23-44(38(47)49-28-31-15-11-8-12-16-31)24-22-42(5)32(33(44)25-39)17-18-36-40(3)26-34(45)37(46)41(4,35(40)19-20-43(36,42)6)29-48-27-30-13-9-7-10-14-30/h7-17,33,35-37,46H,18-29H2,1-6H3/t33-,35+,36+,37-,40-,41-,42+,43+,44-/m0/s1. The average molecular weight is 667 g/mol. The number of esters is 1. The number of benzene rings is 2. The Bertz CT molecular complexity index is 1600. The lowest BCUT2D eigenvalue weighted by molar-refractivity contribution is -0.217. The van der Waals surface area contributed by atoms with Crippen LogP contribution in [0.25, 0.3) is 0 Å². The smallest absolute Gasteiger partial charge is 0.313 e. The predicted octanol–water partition coefficient (Wildman–Crippen LogP) is 9.27. The summed E-state index contributed by atoms with van der Waals surface area (Å²) in [5, 5.41) is 11.5. The Morgan fingerprint density at radius 1 is 0.816 bits per heavy atom. The van der Waals surface area contributed by atoms with Gasteiger partial charge in [-0.15, -0.1) is 0 Å². The SMILES string of the molecule is CC1(C)CC[C@]2(C(=O)OCc3ccccc3)CC[C@]3(C)C(=CC[C@@H]4[C@@]5(C)CC(=O)[C@H](O)[C@@](C)(COCc6ccccc6)[C@@H]5CC[C@]43C)[C@@H]2C1. The zero-order valence-corrected chi connectivity index (χ0v) is 30.7. The van der Waals surface area contributed by atoms with E-state index in [1.54, 1.807) is 0 Å². The topological polar surface area (TPSA) is 72.8 Å². The van der Waals surface area contributed by atoms with Crippen LogP contribution in [0.3, 0.4) is 0 Å². The van der Waals surface area contributed by atoms with Crippen LogP contribution in [0.4, 0.5) is 0 Å². The maximum absolute atomic E-state index is 14.3. The van der Waals surface area contributed by atoms with Crippen LogP contribution in [-0.4, -0.2) is 29.6 Å². The molecular formula is C44H58O5. The molecule has 0 aromatic heterocycles. The van der Waals surface area contributed by atoms with Crippen molar-refractivity contribution in [3.8, 4) is 0 Å². The van der Waals surface area contributed by atoms with E-state index in [1.165, 1.54) is 5.57 Å². The minimum Gasteiger partial charge on any atom is -0.460 e. The fourth-order valence-corrected chi connectivity index (χ4v) is 12.3. The molecule has 49 heavy (non-hydrogen) atoms. The summed E-state index contributed by atoms with van der Waals surface area (Å²) in [7, 11) is 0. The highest BCUT2D eigenvalue weighted by molar-refractivity contribution is 5.85. The van der Waals surface area contributed by atoms with Gasteiger partial charge < -0.3 is 14.6 Å². The summed E-state index contributed by atoms with van der Waals surface area (Å²) < 4.78 is 12.5. The minimum absolute atomic E-state index is 0.0131. The van der Waals surface area contributed by atoms with Crippen LogP contribution in [0.2, 0.25) is 0 Å². The quantitative estimate of drug-likeness (QED) is 0.236. The Morgan fingerprint density at radius 2 is 1.45 bits per heavy atom. The number of ether oxygens (including phenoxy) is 2. The van der Waals surface area contributed by atoms with Crippen LogP contribution in [0, 0.1) is 50.2 Å². The van der Waals surface area contributed by atoms with Crippen molar-refractivity contribution in [2.45, 2.75) is 119 Å². The van der Waals surface area contributed by atoms with Gasteiger partial charge in [-0.2, -0.15) is 0 Å². The van der Waals surface area contributed by atoms with Crippen molar-refractivity contribution in [2.24, 2.45) is 50.2 Å². The van der Waals surface area contributed by atoms with Gasteiger partial charge in [-0.25, -0.2) is 0 Å². The number of hydrogen-bond donors (Lipinski definition) is 1. The van der Waals surface area contributed by atoms with E-state index in [4.69, 9.17) is 9.47 Å². The largest absolute Gasteiger partial charge is 0.460 e. The molecule has 7 rings (SSSR count). The van der Waals surface area contributed by atoms with Crippen LogP contribution in [-0.2, 0) is 32.3 Å². The molecule has 5 heteroatoms. The molecule has 2 aromatic rings. The summed E-state index contributed by atoms with van der Waals surface area (Å²) >= 11 is 0. The summed E-state index contributed by atoms with van der Waals surface area (Å²) in [6, 6.07) is 20.2. The van der Waals surface area contributed by atoms with Crippen LogP contribution in [0.1, 0.15) is 110 Å². The highest BCUT2D eigenvalue weighted by atomic mass is 16.5. The molecule has 9 atom stereocenters. The molecular weight excluding hydrogens is 608 g/mol. The van der Waals surface area contributed by atoms with Crippen LogP contribution >= 0.6 is 0 Å². The normalized spacial score (nSPS) is 41.0. The number of carbonyl (C=O) groups excluding carboxylic acids is 2. The number of ketones is 1. The predicted molar refractivity (Wildman–Crippen MR) is 192 cm³/mol. The number of hydrogen-bond acceptors (Lipinski definition) is 5. The first kappa shape index (κ1) is 34.7. The first-order chi connectivity index (χ1) is 23.2. The Morgan fingerprint density at radius 3 is 2.12 bits per heavy atom. The van der Waals surface area contributed by atoms with Crippen molar-refractivity contribution in [2.75, 3.05) is 6.61 Å². The van der Waals surface area contributed by atoms with Gasteiger partial charge >= 0.3 is 5.97 Å². The third-order valence-corrected chi connectivity index (χ3v) is 15.3. The van der Waals surface area contributed by atoms with Gasteiger partial charge in [0.25, 0.3) is 0 Å². The molecule has 0 unspecified atom stereocenters. The average Bonchev–Trinajstić information content (AvgIpc) is 3.07. The number of aliphatic hydroxyl groups excluding tert-OH is 1. The Balaban J connectivity index is 1.20. The summed E-state index contributed by atoms with van der Waals surface area (Å²) in [5.41, 5.74) is 2.27. The molecule has 2 aromatic carbocycles. The number of aliphatic hydroxyl groups is 1. The molecule has 0 amide bonds. The molecule has 0 spiro atoms. The number of carbonyl (C=O) groups is 2. The zero-order chi connectivity index (χ0) is 34.9. The molecule has 4 fully saturated rings. The van der Waals surface area contributed by atoms with Crippen molar-refractivity contribution in [1.82, 2.24) is 0 Å². The van der Waals surface area contributed by atoms with E-state index in [1.807, 2.05) is 48.5 Å². The lowest BCUT2D eigenvalue weighted by Crippen LogP contribution is -2.67. The van der Waals surface area contributed by atoms with E-state index in [9.17, 15) is 14.7 Å². The second-order valence-electron chi connectivity index (χ2n) is 18.5. The fraction of sp³-hybridized carbons (Fsp3) is 0.636. The van der Waals surface area contributed by atoms with Crippen molar-refractivity contribution < 1.29 is 24.2 Å².